The van der Waals surface area contributed by atoms with E-state index in [0.717, 1.165) is 51.4 Å². The molecule has 0 radical (unpaired) electrons. The highest BCUT2D eigenvalue weighted by atomic mass is 16.5. The van der Waals surface area contributed by atoms with Gasteiger partial charge in [-0.05, 0) is 64.2 Å². The summed E-state index contributed by atoms with van der Waals surface area (Å²) in [4.78, 5) is 24.5. The molecule has 2 unspecified atom stereocenters. The predicted octanol–water partition coefficient (Wildman–Crippen LogP) is 24.7. The van der Waals surface area contributed by atoms with Crippen molar-refractivity contribution in [3.63, 3.8) is 0 Å². The van der Waals surface area contributed by atoms with E-state index in [1.54, 1.807) is 6.08 Å². The molecule has 0 spiro atoms. The number of hydrogen-bond donors (Lipinski definition) is 3. The first-order valence-corrected chi connectivity index (χ1v) is 37.8. The first kappa shape index (κ1) is 81.1. The minimum atomic E-state index is -0.837. The van der Waals surface area contributed by atoms with E-state index < -0.39 is 12.1 Å². The van der Waals surface area contributed by atoms with Gasteiger partial charge in [0.2, 0.25) is 5.91 Å². The van der Waals surface area contributed by atoms with Crippen LogP contribution in [0.15, 0.2) is 36.5 Å². The Labute approximate surface area is 519 Å². The lowest BCUT2D eigenvalue weighted by atomic mass is 10.0. The van der Waals surface area contributed by atoms with Gasteiger partial charge in [-0.15, -0.1) is 0 Å². The Balaban J connectivity index is 3.27. The molecule has 0 aliphatic heterocycles. The van der Waals surface area contributed by atoms with Crippen LogP contribution in [0.5, 0.6) is 0 Å². The van der Waals surface area contributed by atoms with Gasteiger partial charge in [-0.3, -0.25) is 9.59 Å². The first-order chi connectivity index (χ1) is 41.0. The fraction of sp³-hybridized carbons (Fsp3) is 0.896. The Bertz CT molecular complexity index is 1340. The van der Waals surface area contributed by atoms with Crippen LogP contribution < -0.4 is 5.32 Å². The van der Waals surface area contributed by atoms with Gasteiger partial charge in [-0.1, -0.05) is 378 Å². The normalized spacial score (nSPS) is 12.7. The molecule has 0 aliphatic rings. The summed E-state index contributed by atoms with van der Waals surface area (Å²) >= 11 is 0. The van der Waals surface area contributed by atoms with Crippen molar-refractivity contribution >= 4 is 11.9 Å². The second kappa shape index (κ2) is 72.6. The molecular weight excluding hydrogens is 1020 g/mol. The zero-order valence-electron chi connectivity index (χ0n) is 56.2. The summed E-state index contributed by atoms with van der Waals surface area (Å²) in [7, 11) is 0. The van der Waals surface area contributed by atoms with Gasteiger partial charge >= 0.3 is 5.97 Å². The van der Waals surface area contributed by atoms with E-state index >= 15 is 0 Å². The molecule has 0 saturated heterocycles. The fourth-order valence-electron chi connectivity index (χ4n) is 11.9. The highest BCUT2D eigenvalue weighted by molar-refractivity contribution is 5.76. The molecular formula is C77H147NO5. The zero-order valence-corrected chi connectivity index (χ0v) is 56.2. The number of aliphatic hydroxyl groups is 2. The van der Waals surface area contributed by atoms with E-state index in [9.17, 15) is 19.8 Å². The summed E-state index contributed by atoms with van der Waals surface area (Å²) in [6, 6.07) is -0.621. The molecule has 0 rings (SSSR count). The Hall–Kier alpha value is -1.92. The molecule has 6 heteroatoms. The van der Waals surface area contributed by atoms with Crippen molar-refractivity contribution in [2.24, 2.45) is 0 Å². The minimum absolute atomic E-state index is 0.0169. The Morgan fingerprint density at radius 1 is 0.337 bits per heavy atom. The van der Waals surface area contributed by atoms with Gasteiger partial charge in [0, 0.05) is 12.8 Å². The van der Waals surface area contributed by atoms with Crippen molar-refractivity contribution in [3.8, 4) is 0 Å². The molecule has 0 saturated carbocycles. The van der Waals surface area contributed by atoms with Crippen molar-refractivity contribution in [1.29, 1.82) is 0 Å². The number of aliphatic hydroxyl groups excluding tert-OH is 2. The SMILES string of the molecule is CCCCCC/C=C\C/C=C\CCCCCCCCCC(=O)OCCCCCCCCCCCCCCCCCCCCCCCCCCCCCCCCCCCCCCCCCC(=O)NC(CO)C(O)/C=C/CCCCCCCCC. The molecule has 2 atom stereocenters. The largest absolute Gasteiger partial charge is 0.466 e. The third kappa shape index (κ3) is 69.1. The average Bonchev–Trinajstić information content (AvgIpc) is 3.49. The second-order valence-electron chi connectivity index (χ2n) is 26.0. The predicted molar refractivity (Wildman–Crippen MR) is 366 cm³/mol. The van der Waals surface area contributed by atoms with E-state index in [2.05, 4.69) is 43.5 Å². The summed E-state index contributed by atoms with van der Waals surface area (Å²) in [6.45, 7) is 4.89. The molecule has 6 nitrogen and oxygen atoms in total. The van der Waals surface area contributed by atoms with E-state index in [0.29, 0.717) is 19.4 Å². The molecule has 490 valence electrons. The van der Waals surface area contributed by atoms with Crippen molar-refractivity contribution in [2.75, 3.05) is 13.2 Å². The number of rotatable bonds is 71. The number of amides is 1. The van der Waals surface area contributed by atoms with Crippen molar-refractivity contribution < 1.29 is 24.5 Å². The molecule has 0 aromatic carbocycles. The molecule has 0 aromatic heterocycles. The van der Waals surface area contributed by atoms with Gasteiger partial charge in [-0.2, -0.15) is 0 Å². The van der Waals surface area contributed by atoms with Gasteiger partial charge in [0.05, 0.1) is 25.4 Å². The number of ether oxygens (including phenoxy) is 1. The monoisotopic (exact) mass is 1170 g/mol. The van der Waals surface area contributed by atoms with Gasteiger partial charge < -0.3 is 20.3 Å². The van der Waals surface area contributed by atoms with Crippen molar-refractivity contribution in [1.82, 2.24) is 5.32 Å². The average molecular weight is 1170 g/mol. The Morgan fingerprint density at radius 3 is 0.928 bits per heavy atom. The van der Waals surface area contributed by atoms with Crippen LogP contribution in [0.25, 0.3) is 0 Å². The van der Waals surface area contributed by atoms with Crippen LogP contribution in [0, 0.1) is 0 Å². The standard InChI is InChI=1S/C77H147NO5/c1-3-5-7-9-11-13-14-15-16-17-42-45-48-51-55-59-63-67-71-77(82)83-72-68-64-60-56-52-49-46-43-40-38-36-34-32-30-28-26-24-22-20-18-19-21-23-25-27-29-31-33-35-37-39-41-44-47-50-54-58-62-66-70-76(81)78-74(73-79)75(80)69-65-61-57-53-12-10-8-6-4-2/h13-14,16-17,65,69,74-75,79-80H,3-12,15,18-64,66-68,70-73H2,1-2H3,(H,78,81)/b14-13-,17-16-,69-65+. The van der Waals surface area contributed by atoms with E-state index in [-0.39, 0.29) is 18.5 Å². The number of carbonyl (C=O) groups excluding carboxylic acids is 2. The summed E-state index contributed by atoms with van der Waals surface area (Å²) < 4.78 is 5.51. The minimum Gasteiger partial charge on any atom is -0.466 e. The lowest BCUT2D eigenvalue weighted by molar-refractivity contribution is -0.143. The van der Waals surface area contributed by atoms with Crippen LogP contribution in [0.4, 0.5) is 0 Å². The smallest absolute Gasteiger partial charge is 0.305 e. The topological polar surface area (TPSA) is 95.9 Å². The van der Waals surface area contributed by atoms with Crippen LogP contribution in [0.3, 0.4) is 0 Å². The number of unbranched alkanes of at least 4 members (excludes halogenated alkanes) is 56. The van der Waals surface area contributed by atoms with Crippen LogP contribution in [0.2, 0.25) is 0 Å². The van der Waals surface area contributed by atoms with Crippen molar-refractivity contribution in [3.05, 3.63) is 36.5 Å². The number of carbonyl (C=O) groups is 2. The Morgan fingerprint density at radius 2 is 0.602 bits per heavy atom. The second-order valence-corrected chi connectivity index (χ2v) is 26.0. The Kier molecular flexibility index (Phi) is 70.9. The van der Waals surface area contributed by atoms with E-state index in [1.165, 1.54) is 340 Å². The summed E-state index contributed by atoms with van der Waals surface area (Å²) in [5.41, 5.74) is 0. The lowest BCUT2D eigenvalue weighted by Gasteiger charge is -2.20. The maximum absolute atomic E-state index is 12.4. The molecule has 3 N–H and O–H groups in total. The van der Waals surface area contributed by atoms with E-state index in [1.807, 2.05) is 6.08 Å². The maximum Gasteiger partial charge on any atom is 0.305 e. The van der Waals surface area contributed by atoms with E-state index in [4.69, 9.17) is 4.74 Å². The van der Waals surface area contributed by atoms with Gasteiger partial charge in [-0.25, -0.2) is 0 Å². The molecule has 0 fully saturated rings. The van der Waals surface area contributed by atoms with Gasteiger partial charge in [0.1, 0.15) is 0 Å². The highest BCUT2D eigenvalue weighted by Gasteiger charge is 2.18. The number of hydrogen-bond acceptors (Lipinski definition) is 5. The highest BCUT2D eigenvalue weighted by Crippen LogP contribution is 2.19. The summed E-state index contributed by atoms with van der Waals surface area (Å²) in [6.07, 6.45) is 94.3. The van der Waals surface area contributed by atoms with Crippen LogP contribution in [-0.2, 0) is 14.3 Å². The van der Waals surface area contributed by atoms with Gasteiger partial charge in [0.15, 0.2) is 0 Å². The summed E-state index contributed by atoms with van der Waals surface area (Å²) in [5, 5.41) is 23.0. The molecule has 0 aliphatic carbocycles. The van der Waals surface area contributed by atoms with Crippen LogP contribution in [-0.4, -0.2) is 47.4 Å². The molecule has 0 heterocycles. The third-order valence-electron chi connectivity index (χ3n) is 17.7. The number of allylic oxidation sites excluding steroid dienone is 5. The molecule has 83 heavy (non-hydrogen) atoms. The lowest BCUT2D eigenvalue weighted by Crippen LogP contribution is -2.45. The molecule has 0 aromatic rings. The summed E-state index contributed by atoms with van der Waals surface area (Å²) in [5.74, 6) is -0.0461. The number of nitrogens with one attached hydrogen (secondary N) is 1. The van der Waals surface area contributed by atoms with Gasteiger partial charge in [0.25, 0.3) is 0 Å². The van der Waals surface area contributed by atoms with Crippen LogP contribution >= 0.6 is 0 Å². The third-order valence-corrected chi connectivity index (χ3v) is 17.7. The maximum atomic E-state index is 12.4. The molecule has 0 bridgehead atoms. The fourth-order valence-corrected chi connectivity index (χ4v) is 11.9. The van der Waals surface area contributed by atoms with Crippen molar-refractivity contribution in [2.45, 2.75) is 431 Å². The molecule has 1 amide bonds. The number of esters is 1. The zero-order chi connectivity index (χ0) is 59.9. The van der Waals surface area contributed by atoms with Crippen LogP contribution in [0.1, 0.15) is 418 Å². The first-order valence-electron chi connectivity index (χ1n) is 37.8. The quantitative estimate of drug-likeness (QED) is 0.0320.